The van der Waals surface area contributed by atoms with Gasteiger partial charge in [-0.15, -0.1) is 0 Å². The average molecular weight is 396 g/mol. The van der Waals surface area contributed by atoms with Gasteiger partial charge in [0.05, 0.1) is 21.7 Å². The summed E-state index contributed by atoms with van der Waals surface area (Å²) in [6.45, 7) is 8.77. The summed E-state index contributed by atoms with van der Waals surface area (Å²) < 4.78 is 30.4. The van der Waals surface area contributed by atoms with Crippen LogP contribution in [0.3, 0.4) is 0 Å². The average Bonchev–Trinajstić information content (AvgIpc) is 3.15. The number of nitrogens with two attached hydrogens (primary N) is 1. The Kier molecular flexibility index (Phi) is 4.84. The number of fused-ring (bicyclic) bond motifs is 1. The normalized spacial score (nSPS) is 12.8. The SMILES string of the molecule is CCn1c(SCc2nc(C(C)(C)C)no2)nc2cc(S(N)(=O)=O)ccc21. The highest BCUT2D eigenvalue weighted by atomic mass is 32.2. The van der Waals surface area contributed by atoms with Gasteiger partial charge in [-0.25, -0.2) is 18.5 Å². The van der Waals surface area contributed by atoms with Crippen LogP contribution in [0.5, 0.6) is 0 Å². The van der Waals surface area contributed by atoms with Crippen LogP contribution in [0.2, 0.25) is 0 Å². The summed E-state index contributed by atoms with van der Waals surface area (Å²) in [5.74, 6) is 1.67. The molecule has 0 aliphatic carbocycles. The molecule has 0 radical (unpaired) electrons. The molecule has 1 aromatic carbocycles. The van der Waals surface area contributed by atoms with E-state index < -0.39 is 10.0 Å². The number of aromatic nitrogens is 4. The molecule has 0 bridgehead atoms. The van der Waals surface area contributed by atoms with Crippen LogP contribution < -0.4 is 5.14 Å². The molecule has 3 aromatic rings. The molecule has 2 heterocycles. The maximum atomic E-state index is 11.5. The molecule has 26 heavy (non-hydrogen) atoms. The summed E-state index contributed by atoms with van der Waals surface area (Å²) in [6, 6.07) is 4.71. The lowest BCUT2D eigenvalue weighted by molar-refractivity contribution is 0.372. The molecule has 0 aliphatic heterocycles. The maximum absolute atomic E-state index is 11.5. The second-order valence-electron chi connectivity index (χ2n) is 6.88. The van der Waals surface area contributed by atoms with Crippen molar-refractivity contribution in [2.45, 2.75) is 55.5 Å². The van der Waals surface area contributed by atoms with Crippen LogP contribution in [0.1, 0.15) is 39.4 Å². The van der Waals surface area contributed by atoms with Gasteiger partial charge in [0.2, 0.25) is 15.9 Å². The second kappa shape index (κ2) is 6.67. The van der Waals surface area contributed by atoms with Crippen molar-refractivity contribution in [3.8, 4) is 0 Å². The molecule has 0 amide bonds. The Labute approximate surface area is 156 Å². The van der Waals surface area contributed by atoms with E-state index in [-0.39, 0.29) is 10.3 Å². The minimum Gasteiger partial charge on any atom is -0.338 e. The molecule has 0 saturated carbocycles. The number of thioether (sulfide) groups is 1. The largest absolute Gasteiger partial charge is 0.338 e. The number of benzene rings is 1. The summed E-state index contributed by atoms with van der Waals surface area (Å²) in [7, 11) is -3.76. The van der Waals surface area contributed by atoms with Crippen LogP contribution >= 0.6 is 11.8 Å². The molecule has 0 unspecified atom stereocenters. The predicted molar refractivity (Wildman–Crippen MR) is 99.3 cm³/mol. The van der Waals surface area contributed by atoms with Crippen molar-refractivity contribution < 1.29 is 12.9 Å². The van der Waals surface area contributed by atoms with Gasteiger partial charge in [-0.3, -0.25) is 0 Å². The first-order valence-electron chi connectivity index (χ1n) is 8.08. The summed E-state index contributed by atoms with van der Waals surface area (Å²) in [6.07, 6.45) is 0. The van der Waals surface area contributed by atoms with Gasteiger partial charge >= 0.3 is 0 Å². The quantitative estimate of drug-likeness (QED) is 0.660. The number of nitrogens with zero attached hydrogens (tertiary/aromatic N) is 4. The van der Waals surface area contributed by atoms with Gasteiger partial charge in [0.15, 0.2) is 11.0 Å². The van der Waals surface area contributed by atoms with E-state index in [4.69, 9.17) is 9.66 Å². The van der Waals surface area contributed by atoms with Crippen LogP contribution in [0.25, 0.3) is 11.0 Å². The summed E-state index contributed by atoms with van der Waals surface area (Å²) in [5, 5.41) is 9.97. The number of sulfonamides is 1. The van der Waals surface area contributed by atoms with E-state index in [1.165, 1.54) is 23.9 Å². The third kappa shape index (κ3) is 3.76. The lowest BCUT2D eigenvalue weighted by Gasteiger charge is -2.10. The second-order valence-corrected chi connectivity index (χ2v) is 9.39. The maximum Gasteiger partial charge on any atom is 0.238 e. The van der Waals surface area contributed by atoms with Gasteiger partial charge in [0.1, 0.15) is 0 Å². The molecular formula is C16H21N5O3S2. The highest BCUT2D eigenvalue weighted by Crippen LogP contribution is 2.28. The molecule has 8 nitrogen and oxygen atoms in total. The third-order valence-electron chi connectivity index (χ3n) is 3.79. The predicted octanol–water partition coefficient (Wildman–Crippen LogP) is 2.68. The molecule has 0 aliphatic rings. The van der Waals surface area contributed by atoms with E-state index in [0.29, 0.717) is 29.5 Å². The Morgan fingerprint density at radius 1 is 1.27 bits per heavy atom. The van der Waals surface area contributed by atoms with Crippen LogP contribution in [0.4, 0.5) is 0 Å². The molecule has 10 heteroatoms. The number of hydrogen-bond acceptors (Lipinski definition) is 7. The molecule has 2 N–H and O–H groups in total. The van der Waals surface area contributed by atoms with Gasteiger partial charge in [-0.2, -0.15) is 4.98 Å². The van der Waals surface area contributed by atoms with E-state index >= 15 is 0 Å². The van der Waals surface area contributed by atoms with Gasteiger partial charge in [0, 0.05) is 12.0 Å². The molecule has 0 spiro atoms. The fourth-order valence-electron chi connectivity index (χ4n) is 2.42. The summed E-state index contributed by atoms with van der Waals surface area (Å²) in [4.78, 5) is 9.02. The van der Waals surface area contributed by atoms with E-state index in [9.17, 15) is 8.42 Å². The van der Waals surface area contributed by atoms with Crippen LogP contribution in [0.15, 0.2) is 32.8 Å². The van der Waals surface area contributed by atoms with Crippen LogP contribution in [-0.4, -0.2) is 28.1 Å². The summed E-state index contributed by atoms with van der Waals surface area (Å²) in [5.41, 5.74) is 1.26. The van der Waals surface area contributed by atoms with Crippen molar-refractivity contribution in [3.05, 3.63) is 29.9 Å². The Bertz CT molecular complexity index is 1050. The molecule has 0 fully saturated rings. The third-order valence-corrected chi connectivity index (χ3v) is 5.67. The van der Waals surface area contributed by atoms with Gasteiger partial charge in [-0.1, -0.05) is 37.7 Å². The van der Waals surface area contributed by atoms with Crippen LogP contribution in [0, 0.1) is 0 Å². The minimum atomic E-state index is -3.76. The highest BCUT2D eigenvalue weighted by Gasteiger charge is 2.21. The van der Waals surface area contributed by atoms with E-state index in [2.05, 4.69) is 15.1 Å². The van der Waals surface area contributed by atoms with Crippen LogP contribution in [-0.2, 0) is 27.7 Å². The van der Waals surface area contributed by atoms with Crippen molar-refractivity contribution >= 4 is 32.8 Å². The smallest absolute Gasteiger partial charge is 0.238 e. The van der Waals surface area contributed by atoms with Crippen molar-refractivity contribution in [3.63, 3.8) is 0 Å². The lowest BCUT2D eigenvalue weighted by Crippen LogP contribution is -2.13. The number of imidazole rings is 1. The first kappa shape index (κ1) is 18.9. The number of aryl methyl sites for hydroxylation is 1. The summed E-state index contributed by atoms with van der Waals surface area (Å²) >= 11 is 1.46. The highest BCUT2D eigenvalue weighted by molar-refractivity contribution is 7.98. The van der Waals surface area contributed by atoms with Gasteiger partial charge in [-0.05, 0) is 25.1 Å². The van der Waals surface area contributed by atoms with E-state index in [1.54, 1.807) is 6.07 Å². The molecule has 2 aromatic heterocycles. The standard InChI is InChI=1S/C16H21N5O3S2/c1-5-21-12-7-6-10(26(17,22)23)8-11(12)18-15(21)25-9-13-19-14(20-24-13)16(2,3)4/h6-8H,5,9H2,1-4H3,(H2,17,22,23). The zero-order chi connectivity index (χ0) is 19.1. The topological polar surface area (TPSA) is 117 Å². The van der Waals surface area contributed by atoms with Crippen molar-refractivity contribution in [2.75, 3.05) is 0 Å². The zero-order valence-electron chi connectivity index (χ0n) is 15.1. The molecule has 3 rings (SSSR count). The Hall–Kier alpha value is -1.91. The molecule has 140 valence electrons. The van der Waals surface area contributed by atoms with Crippen molar-refractivity contribution in [2.24, 2.45) is 5.14 Å². The monoisotopic (exact) mass is 395 g/mol. The van der Waals surface area contributed by atoms with E-state index in [0.717, 1.165) is 10.7 Å². The van der Waals surface area contributed by atoms with Crippen molar-refractivity contribution in [1.82, 2.24) is 19.7 Å². The lowest BCUT2D eigenvalue weighted by atomic mass is 9.96. The Morgan fingerprint density at radius 2 is 2.00 bits per heavy atom. The number of primary sulfonamides is 1. The minimum absolute atomic E-state index is 0.0500. The van der Waals surface area contributed by atoms with E-state index in [1.807, 2.05) is 32.3 Å². The molecular weight excluding hydrogens is 374 g/mol. The van der Waals surface area contributed by atoms with Gasteiger partial charge in [0.25, 0.3) is 0 Å². The first-order chi connectivity index (χ1) is 12.1. The number of hydrogen-bond donors (Lipinski definition) is 1. The fraction of sp³-hybridized carbons (Fsp3) is 0.438. The van der Waals surface area contributed by atoms with Crippen molar-refractivity contribution in [1.29, 1.82) is 0 Å². The fourth-order valence-corrected chi connectivity index (χ4v) is 3.87. The Morgan fingerprint density at radius 3 is 2.58 bits per heavy atom. The molecule has 0 atom stereocenters. The Balaban J connectivity index is 1.88. The molecule has 0 saturated heterocycles. The number of rotatable bonds is 5. The van der Waals surface area contributed by atoms with Gasteiger partial charge < -0.3 is 9.09 Å². The zero-order valence-corrected chi connectivity index (χ0v) is 16.7. The first-order valence-corrected chi connectivity index (χ1v) is 10.6.